The summed E-state index contributed by atoms with van der Waals surface area (Å²) in [5.41, 5.74) is 3.38. The molecule has 0 spiro atoms. The lowest BCUT2D eigenvalue weighted by Crippen LogP contribution is -2.51. The monoisotopic (exact) mass is 379 g/mol. The van der Waals surface area contributed by atoms with E-state index in [9.17, 15) is 4.79 Å². The van der Waals surface area contributed by atoms with E-state index in [1.807, 2.05) is 17.2 Å². The molecule has 0 aliphatic carbocycles. The summed E-state index contributed by atoms with van der Waals surface area (Å²) in [4.78, 5) is 28.4. The van der Waals surface area contributed by atoms with Crippen molar-refractivity contribution in [3.63, 3.8) is 0 Å². The van der Waals surface area contributed by atoms with Gasteiger partial charge in [-0.15, -0.1) is 0 Å². The molecule has 5 rings (SSSR count). The highest BCUT2D eigenvalue weighted by Crippen LogP contribution is 2.33. The molecule has 3 aliphatic heterocycles. The van der Waals surface area contributed by atoms with E-state index >= 15 is 0 Å². The fourth-order valence-corrected chi connectivity index (χ4v) is 4.28. The van der Waals surface area contributed by atoms with Gasteiger partial charge in [0.25, 0.3) is 5.91 Å². The number of rotatable bonds is 3. The van der Waals surface area contributed by atoms with Crippen LogP contribution in [0.1, 0.15) is 18.5 Å². The van der Waals surface area contributed by atoms with E-state index in [0.29, 0.717) is 19.7 Å². The fraction of sp³-hybridized carbons (Fsp3) is 0.476. The molecule has 2 fully saturated rings. The van der Waals surface area contributed by atoms with Crippen molar-refractivity contribution >= 4 is 23.2 Å². The summed E-state index contributed by atoms with van der Waals surface area (Å²) in [5, 5.41) is 0. The summed E-state index contributed by atoms with van der Waals surface area (Å²) in [7, 11) is 0. The van der Waals surface area contributed by atoms with Gasteiger partial charge in [-0.2, -0.15) is 0 Å². The molecule has 2 aromatic rings. The first-order valence-corrected chi connectivity index (χ1v) is 10.1. The van der Waals surface area contributed by atoms with Gasteiger partial charge in [-0.25, -0.2) is 9.97 Å². The number of para-hydroxylation sites is 1. The van der Waals surface area contributed by atoms with Crippen LogP contribution in [-0.2, 0) is 16.0 Å². The lowest BCUT2D eigenvalue weighted by Gasteiger charge is -2.35. The van der Waals surface area contributed by atoms with Crippen LogP contribution in [0.15, 0.2) is 36.5 Å². The Balaban J connectivity index is 1.25. The van der Waals surface area contributed by atoms with E-state index in [-0.39, 0.29) is 12.0 Å². The number of hydrogen-bond acceptors (Lipinski definition) is 6. The van der Waals surface area contributed by atoms with E-state index < -0.39 is 0 Å². The quantitative estimate of drug-likeness (QED) is 0.813. The van der Waals surface area contributed by atoms with E-state index in [4.69, 9.17) is 9.72 Å². The average molecular weight is 379 g/mol. The molecule has 0 radical (unpaired) electrons. The zero-order valence-electron chi connectivity index (χ0n) is 16.0. The first-order chi connectivity index (χ1) is 13.8. The van der Waals surface area contributed by atoms with Crippen molar-refractivity contribution in [1.82, 2.24) is 14.9 Å². The number of carbonyl (C=O) groups excluding carboxylic acids is 1. The molecule has 4 heterocycles. The largest absolute Gasteiger partial charge is 0.368 e. The second-order valence-electron chi connectivity index (χ2n) is 7.55. The van der Waals surface area contributed by atoms with Crippen molar-refractivity contribution in [3.05, 3.63) is 42.2 Å². The zero-order chi connectivity index (χ0) is 18.9. The van der Waals surface area contributed by atoms with Crippen LogP contribution in [0.3, 0.4) is 0 Å². The second-order valence-corrected chi connectivity index (χ2v) is 7.55. The zero-order valence-corrected chi connectivity index (χ0v) is 16.0. The summed E-state index contributed by atoms with van der Waals surface area (Å²) in [6, 6.07) is 10.4. The van der Waals surface area contributed by atoms with Crippen LogP contribution in [0.4, 0.5) is 17.3 Å². The third-order valence-electron chi connectivity index (χ3n) is 5.84. The van der Waals surface area contributed by atoms with Crippen molar-refractivity contribution in [1.29, 1.82) is 0 Å². The molecule has 1 aromatic heterocycles. The molecule has 1 aromatic carbocycles. The second kappa shape index (κ2) is 7.39. The van der Waals surface area contributed by atoms with Gasteiger partial charge < -0.3 is 19.4 Å². The summed E-state index contributed by atoms with van der Waals surface area (Å²) in [6.45, 7) is 4.57. The van der Waals surface area contributed by atoms with Crippen LogP contribution >= 0.6 is 0 Å². The molecular weight excluding hydrogens is 354 g/mol. The highest BCUT2D eigenvalue weighted by Gasteiger charge is 2.31. The molecule has 7 heteroatoms. The smallest absolute Gasteiger partial charge is 0.251 e. The molecule has 0 unspecified atom stereocenters. The average Bonchev–Trinajstić information content (AvgIpc) is 3.44. The predicted molar refractivity (Wildman–Crippen MR) is 107 cm³/mol. The predicted octanol–water partition coefficient (Wildman–Crippen LogP) is 2.00. The molecule has 0 N–H and O–H groups in total. The summed E-state index contributed by atoms with van der Waals surface area (Å²) in [5.74, 6) is 0.920. The Morgan fingerprint density at radius 2 is 1.89 bits per heavy atom. The molecule has 3 aliphatic rings. The minimum Gasteiger partial charge on any atom is -0.368 e. The Hall–Kier alpha value is -2.67. The molecule has 2 saturated heterocycles. The maximum atomic E-state index is 12.5. The number of anilines is 3. The molecule has 7 nitrogen and oxygen atoms in total. The highest BCUT2D eigenvalue weighted by atomic mass is 16.5. The van der Waals surface area contributed by atoms with E-state index in [1.54, 1.807) is 0 Å². The first-order valence-electron chi connectivity index (χ1n) is 10.1. The van der Waals surface area contributed by atoms with Crippen molar-refractivity contribution in [3.8, 4) is 0 Å². The topological polar surface area (TPSA) is 61.8 Å². The number of carbonyl (C=O) groups is 1. The number of fused-ring (bicyclic) bond motifs is 1. The number of nitrogens with zero attached hydrogens (tertiary/aromatic N) is 5. The SMILES string of the molecule is O=C([C@@H]1CCCO1)N1CCN(c2ncc3c(n2)CCN3c2ccccc2)CC1. The van der Waals surface area contributed by atoms with E-state index in [2.05, 4.69) is 39.0 Å². The van der Waals surface area contributed by atoms with Gasteiger partial charge in [-0.1, -0.05) is 18.2 Å². The third-order valence-corrected chi connectivity index (χ3v) is 5.84. The van der Waals surface area contributed by atoms with Gasteiger partial charge in [0.05, 0.1) is 17.6 Å². The Morgan fingerprint density at radius 3 is 2.64 bits per heavy atom. The van der Waals surface area contributed by atoms with Crippen LogP contribution in [0.2, 0.25) is 0 Å². The maximum absolute atomic E-state index is 12.5. The highest BCUT2D eigenvalue weighted by molar-refractivity contribution is 5.81. The van der Waals surface area contributed by atoms with Gasteiger partial charge in [0.1, 0.15) is 6.10 Å². The van der Waals surface area contributed by atoms with Gasteiger partial charge in [0.15, 0.2) is 0 Å². The van der Waals surface area contributed by atoms with E-state index in [0.717, 1.165) is 56.2 Å². The number of amides is 1. The number of hydrogen-bond donors (Lipinski definition) is 0. The van der Waals surface area contributed by atoms with Crippen LogP contribution in [-0.4, -0.2) is 66.2 Å². The summed E-state index contributed by atoms with van der Waals surface area (Å²) >= 11 is 0. The van der Waals surface area contributed by atoms with Gasteiger partial charge in [-0.05, 0) is 25.0 Å². The molecule has 146 valence electrons. The van der Waals surface area contributed by atoms with Crippen molar-refractivity contribution in [2.75, 3.05) is 49.1 Å². The van der Waals surface area contributed by atoms with Gasteiger partial charge in [-0.3, -0.25) is 4.79 Å². The molecule has 28 heavy (non-hydrogen) atoms. The van der Waals surface area contributed by atoms with Crippen molar-refractivity contribution in [2.24, 2.45) is 0 Å². The van der Waals surface area contributed by atoms with Crippen LogP contribution in [0.5, 0.6) is 0 Å². The number of piperazine rings is 1. The Labute approximate surface area is 164 Å². The Kier molecular flexibility index (Phi) is 4.60. The van der Waals surface area contributed by atoms with Crippen molar-refractivity contribution in [2.45, 2.75) is 25.4 Å². The lowest BCUT2D eigenvalue weighted by atomic mass is 10.2. The Morgan fingerprint density at radius 1 is 1.07 bits per heavy atom. The minimum absolute atomic E-state index is 0.144. The maximum Gasteiger partial charge on any atom is 0.251 e. The van der Waals surface area contributed by atoms with Crippen LogP contribution in [0, 0.1) is 0 Å². The third kappa shape index (κ3) is 3.20. The number of ether oxygens (including phenoxy) is 1. The van der Waals surface area contributed by atoms with Gasteiger partial charge >= 0.3 is 0 Å². The van der Waals surface area contributed by atoms with Crippen LogP contribution < -0.4 is 9.80 Å². The molecule has 1 amide bonds. The van der Waals surface area contributed by atoms with Crippen molar-refractivity contribution < 1.29 is 9.53 Å². The van der Waals surface area contributed by atoms with Gasteiger partial charge in [0.2, 0.25) is 5.95 Å². The van der Waals surface area contributed by atoms with E-state index in [1.165, 1.54) is 5.69 Å². The first kappa shape index (κ1) is 17.4. The lowest BCUT2D eigenvalue weighted by molar-refractivity contribution is -0.141. The van der Waals surface area contributed by atoms with Gasteiger partial charge in [0, 0.05) is 51.4 Å². The molecule has 1 atom stereocenters. The summed E-state index contributed by atoms with van der Waals surface area (Å²) < 4.78 is 5.54. The normalized spacial score (nSPS) is 21.9. The standard InChI is InChI=1S/C21H25N5O2/c27-20(19-7-4-14-28-19)24-10-12-25(13-11-24)21-22-15-18-17(23-21)8-9-26(18)16-5-2-1-3-6-16/h1-3,5-6,15,19H,4,7-14H2/t19-/m0/s1. The minimum atomic E-state index is -0.230. The molecule has 0 saturated carbocycles. The summed E-state index contributed by atoms with van der Waals surface area (Å²) in [6.07, 6.45) is 4.48. The number of benzene rings is 1. The molecular formula is C21H25N5O2. The molecule has 0 bridgehead atoms. The fourth-order valence-electron chi connectivity index (χ4n) is 4.28. The Bertz CT molecular complexity index is 845. The van der Waals surface area contributed by atoms with Crippen LogP contribution in [0.25, 0.3) is 0 Å². The number of aromatic nitrogens is 2.